The second kappa shape index (κ2) is 7.31. The third kappa shape index (κ3) is 3.60. The summed E-state index contributed by atoms with van der Waals surface area (Å²) in [5.41, 5.74) is 3.51. The van der Waals surface area contributed by atoms with Gasteiger partial charge in [0.15, 0.2) is 0 Å². The molecule has 1 aromatic rings. The molecular formula is C18H26ClNO. The number of alkyl halides is 1. The number of benzene rings is 1. The largest absolute Gasteiger partial charge is 0.315 e. The lowest BCUT2D eigenvalue weighted by molar-refractivity contribution is -0.118. The van der Waals surface area contributed by atoms with Gasteiger partial charge in [0.2, 0.25) is 5.91 Å². The van der Waals surface area contributed by atoms with E-state index in [1.54, 1.807) is 4.90 Å². The minimum Gasteiger partial charge on any atom is -0.315 e. The molecule has 2 nitrogen and oxygen atoms in total. The first-order valence-corrected chi connectivity index (χ1v) is 8.55. The van der Waals surface area contributed by atoms with Crippen LogP contribution in [0.15, 0.2) is 18.2 Å². The minimum absolute atomic E-state index is 0.0816. The maximum Gasteiger partial charge on any atom is 0.227 e. The molecule has 1 aliphatic heterocycles. The fourth-order valence-electron chi connectivity index (χ4n) is 3.30. The molecular weight excluding hydrogens is 282 g/mol. The van der Waals surface area contributed by atoms with E-state index in [9.17, 15) is 4.79 Å². The van der Waals surface area contributed by atoms with Crippen molar-refractivity contribution in [1.82, 2.24) is 0 Å². The maximum absolute atomic E-state index is 11.8. The molecule has 2 rings (SSSR count). The molecule has 0 spiro atoms. The highest BCUT2D eigenvalue weighted by Gasteiger charge is 2.24. The van der Waals surface area contributed by atoms with Gasteiger partial charge in [-0.15, -0.1) is 11.6 Å². The average Bonchev–Trinajstić information content (AvgIpc) is 2.50. The van der Waals surface area contributed by atoms with Crippen molar-refractivity contribution in [3.63, 3.8) is 0 Å². The van der Waals surface area contributed by atoms with Crippen LogP contribution < -0.4 is 4.90 Å². The Morgan fingerprint density at radius 3 is 2.48 bits per heavy atom. The number of rotatable bonds is 6. The third-order valence-corrected chi connectivity index (χ3v) is 5.11. The summed E-state index contributed by atoms with van der Waals surface area (Å²) in [5.74, 6) is 0.746. The zero-order valence-corrected chi connectivity index (χ0v) is 14.1. The van der Waals surface area contributed by atoms with E-state index in [0.717, 1.165) is 12.1 Å². The highest BCUT2D eigenvalue weighted by atomic mass is 35.5. The van der Waals surface area contributed by atoms with Gasteiger partial charge in [0.25, 0.3) is 0 Å². The molecule has 1 amide bonds. The van der Waals surface area contributed by atoms with Gasteiger partial charge in [0.05, 0.1) is 5.38 Å². The van der Waals surface area contributed by atoms with Gasteiger partial charge in [0.1, 0.15) is 0 Å². The lowest BCUT2D eigenvalue weighted by atomic mass is 9.89. The molecule has 0 bridgehead atoms. The molecule has 1 heterocycles. The van der Waals surface area contributed by atoms with Gasteiger partial charge in [-0.25, -0.2) is 0 Å². The van der Waals surface area contributed by atoms with Crippen molar-refractivity contribution in [3.05, 3.63) is 29.3 Å². The summed E-state index contributed by atoms with van der Waals surface area (Å²) in [7, 11) is 1.86. The molecule has 1 aliphatic rings. The summed E-state index contributed by atoms with van der Waals surface area (Å²) in [4.78, 5) is 13.5. The SMILES string of the molecule is CCCC(CCC)C(Cl)c1ccc2c(c1)CCC(=O)N2C. The van der Waals surface area contributed by atoms with E-state index >= 15 is 0 Å². The van der Waals surface area contributed by atoms with Crippen LogP contribution in [0.5, 0.6) is 0 Å². The Kier molecular flexibility index (Phi) is 5.69. The van der Waals surface area contributed by atoms with Gasteiger partial charge in [-0.1, -0.05) is 38.8 Å². The van der Waals surface area contributed by atoms with Crippen LogP contribution >= 0.6 is 11.6 Å². The summed E-state index contributed by atoms with van der Waals surface area (Å²) in [6, 6.07) is 6.38. The summed E-state index contributed by atoms with van der Waals surface area (Å²) in [6.07, 6.45) is 6.15. The van der Waals surface area contributed by atoms with Crippen LogP contribution in [0.3, 0.4) is 0 Å². The number of anilines is 1. The van der Waals surface area contributed by atoms with Crippen LogP contribution in [0.4, 0.5) is 5.69 Å². The Hall–Kier alpha value is -1.02. The van der Waals surface area contributed by atoms with E-state index < -0.39 is 0 Å². The van der Waals surface area contributed by atoms with Crippen LogP contribution in [0.25, 0.3) is 0 Å². The Balaban J connectivity index is 2.23. The van der Waals surface area contributed by atoms with Crippen molar-refractivity contribution < 1.29 is 4.79 Å². The fraction of sp³-hybridized carbons (Fsp3) is 0.611. The number of carbonyl (C=O) groups excluding carboxylic acids is 1. The van der Waals surface area contributed by atoms with E-state index in [1.807, 2.05) is 7.05 Å². The van der Waals surface area contributed by atoms with E-state index in [4.69, 9.17) is 11.6 Å². The van der Waals surface area contributed by atoms with Crippen molar-refractivity contribution in [2.75, 3.05) is 11.9 Å². The van der Waals surface area contributed by atoms with E-state index in [2.05, 4.69) is 32.0 Å². The van der Waals surface area contributed by atoms with Gasteiger partial charge < -0.3 is 4.90 Å². The Labute approximate surface area is 133 Å². The number of fused-ring (bicyclic) bond motifs is 1. The standard InChI is InChI=1S/C18H26ClNO/c1-4-6-13(7-5-2)18(19)15-8-10-16-14(12-15)9-11-17(21)20(16)3/h8,10,12-13,18H,4-7,9,11H2,1-3H3. The predicted molar refractivity (Wildman–Crippen MR) is 90.1 cm³/mol. The first-order valence-electron chi connectivity index (χ1n) is 8.11. The molecule has 0 radical (unpaired) electrons. The van der Waals surface area contributed by atoms with Crippen LogP contribution in [-0.2, 0) is 11.2 Å². The number of hydrogen-bond acceptors (Lipinski definition) is 1. The number of hydrogen-bond donors (Lipinski definition) is 0. The summed E-state index contributed by atoms with van der Waals surface area (Å²) in [5, 5.41) is 0.0816. The number of carbonyl (C=O) groups is 1. The number of amides is 1. The Morgan fingerprint density at radius 2 is 1.86 bits per heavy atom. The molecule has 0 aromatic heterocycles. The zero-order chi connectivity index (χ0) is 15.4. The van der Waals surface area contributed by atoms with Crippen LogP contribution in [0, 0.1) is 5.92 Å². The lowest BCUT2D eigenvalue weighted by Gasteiger charge is -2.28. The molecule has 1 atom stereocenters. The van der Waals surface area contributed by atoms with Gasteiger partial charge in [-0.05, 0) is 42.4 Å². The number of halogens is 1. The second-order valence-electron chi connectivity index (χ2n) is 6.08. The molecule has 116 valence electrons. The molecule has 0 fully saturated rings. The molecule has 0 aliphatic carbocycles. The monoisotopic (exact) mass is 307 g/mol. The topological polar surface area (TPSA) is 20.3 Å². The van der Waals surface area contributed by atoms with Gasteiger partial charge in [-0.2, -0.15) is 0 Å². The maximum atomic E-state index is 11.8. The quantitative estimate of drug-likeness (QED) is 0.670. The molecule has 0 N–H and O–H groups in total. The molecule has 0 saturated heterocycles. The Morgan fingerprint density at radius 1 is 1.19 bits per heavy atom. The van der Waals surface area contributed by atoms with Gasteiger partial charge >= 0.3 is 0 Å². The summed E-state index contributed by atoms with van der Waals surface area (Å²) >= 11 is 6.76. The first-order chi connectivity index (χ1) is 10.1. The van der Waals surface area contributed by atoms with Crippen molar-refractivity contribution in [3.8, 4) is 0 Å². The smallest absolute Gasteiger partial charge is 0.227 e. The average molecular weight is 308 g/mol. The highest BCUT2D eigenvalue weighted by molar-refractivity contribution is 6.21. The first kappa shape index (κ1) is 16.4. The lowest BCUT2D eigenvalue weighted by Crippen LogP contribution is -2.31. The summed E-state index contributed by atoms with van der Waals surface area (Å²) < 4.78 is 0. The second-order valence-corrected chi connectivity index (χ2v) is 6.55. The zero-order valence-electron chi connectivity index (χ0n) is 13.4. The van der Waals surface area contributed by atoms with Crippen molar-refractivity contribution in [2.24, 2.45) is 5.92 Å². The van der Waals surface area contributed by atoms with E-state index in [-0.39, 0.29) is 11.3 Å². The van der Waals surface area contributed by atoms with E-state index in [0.29, 0.717) is 12.3 Å². The van der Waals surface area contributed by atoms with Crippen LogP contribution in [0.1, 0.15) is 62.5 Å². The normalized spacial score (nSPS) is 16.2. The molecule has 3 heteroatoms. The van der Waals surface area contributed by atoms with Crippen molar-refractivity contribution >= 4 is 23.2 Å². The number of nitrogens with zero attached hydrogens (tertiary/aromatic N) is 1. The van der Waals surface area contributed by atoms with Crippen molar-refractivity contribution in [1.29, 1.82) is 0 Å². The molecule has 1 aromatic carbocycles. The molecule has 1 unspecified atom stereocenters. The Bertz CT molecular complexity index is 494. The van der Waals surface area contributed by atoms with Crippen LogP contribution in [0.2, 0.25) is 0 Å². The minimum atomic E-state index is 0.0816. The van der Waals surface area contributed by atoms with Gasteiger partial charge in [0, 0.05) is 19.2 Å². The third-order valence-electron chi connectivity index (χ3n) is 4.50. The molecule has 21 heavy (non-hydrogen) atoms. The van der Waals surface area contributed by atoms with Crippen molar-refractivity contribution in [2.45, 2.75) is 57.7 Å². The fourth-order valence-corrected chi connectivity index (χ4v) is 3.69. The van der Waals surface area contributed by atoms with E-state index in [1.165, 1.54) is 36.8 Å². The summed E-state index contributed by atoms with van der Waals surface area (Å²) in [6.45, 7) is 4.44. The van der Waals surface area contributed by atoms with Crippen LogP contribution in [-0.4, -0.2) is 13.0 Å². The highest BCUT2D eigenvalue weighted by Crippen LogP contribution is 2.38. The van der Waals surface area contributed by atoms with Gasteiger partial charge in [-0.3, -0.25) is 4.79 Å². The predicted octanol–water partition coefficient (Wildman–Crippen LogP) is 5.09. The number of aryl methyl sites for hydroxylation is 1. The molecule has 0 saturated carbocycles.